The van der Waals surface area contributed by atoms with Crippen molar-refractivity contribution < 1.29 is 0 Å². The van der Waals surface area contributed by atoms with Crippen LogP contribution in [0.1, 0.15) is 90.7 Å². The molecule has 4 heterocycles. The highest BCUT2D eigenvalue weighted by atomic mass is 16.1. The molecule has 8 aliphatic rings. The molecular weight excluding hydrogens is 1010 g/mol. The standard InChI is InChI=1S/C76H47BN4O2/c82-75-68-64-52-31-13-17-35-56(52)66(57-36-18-14-32-53(57)64)73(68)80-77-70-71(78(75)80)60(62-48(44-23-5-1-6-24-44)39-21-40-49(62)45-25-7-2-8-26-45)43-61(63-50(46-27-9-3-10-28-46)41-22-42-51(63)47-29-11-4-12-30-47)72(70)79-76(83)69-65-54-33-15-19-37-58(54)67(74(69)81(77)79)59-38-20-16-34-55(59)65/h1-43,64-67H. The van der Waals surface area contributed by atoms with Gasteiger partial charge in [0.2, 0.25) is 0 Å². The molecule has 4 bridgehead atoms. The van der Waals surface area contributed by atoms with Crippen LogP contribution >= 0.6 is 0 Å². The van der Waals surface area contributed by atoms with Gasteiger partial charge in [-0.1, -0.05) is 255 Å². The molecule has 0 N–H and O–H groups in total. The smallest absolute Gasteiger partial charge is 0.294 e. The molecule has 83 heavy (non-hydrogen) atoms. The van der Waals surface area contributed by atoms with Gasteiger partial charge in [-0.3, -0.25) is 18.8 Å². The molecule has 0 spiro atoms. The van der Waals surface area contributed by atoms with Crippen molar-refractivity contribution in [3.63, 3.8) is 0 Å². The van der Waals surface area contributed by atoms with E-state index in [1.165, 1.54) is 44.5 Å². The zero-order chi connectivity index (χ0) is 54.3. The first-order chi connectivity index (χ1) is 41.1. The van der Waals surface area contributed by atoms with Gasteiger partial charge in [0.1, 0.15) is 0 Å². The first kappa shape index (κ1) is 45.3. The van der Waals surface area contributed by atoms with Gasteiger partial charge in [-0.25, -0.2) is 9.36 Å². The lowest BCUT2D eigenvalue weighted by atomic mass is 9.59. The molecule has 11 aromatic carbocycles. The maximum atomic E-state index is 17.0. The maximum Gasteiger partial charge on any atom is 0.456 e. The SMILES string of the molecule is O=c1c2c(n3n1-c1c(-c4c(-c5ccccc5)cccc4-c4ccccc4)cc(-c4c(-c5ccccc5)cccc4-c4ccccc4)c4c1B3n1c3c(c(=O)n1-4)C1c4ccccc4C3c3ccccc31)C1c3ccccc3C2c2ccccc21. The normalized spacial score (nSPS) is 17.0. The summed E-state index contributed by atoms with van der Waals surface area (Å²) in [4.78, 5) is 34.0. The third-order valence-corrected chi connectivity index (χ3v) is 19.4. The highest BCUT2D eigenvalue weighted by molar-refractivity contribution is 6.75. The van der Waals surface area contributed by atoms with Crippen LogP contribution in [0.5, 0.6) is 0 Å². The van der Waals surface area contributed by atoms with Gasteiger partial charge in [0, 0.05) is 39.8 Å². The third-order valence-electron chi connectivity index (χ3n) is 19.4. The van der Waals surface area contributed by atoms with Crippen LogP contribution in [0, 0.1) is 0 Å². The van der Waals surface area contributed by atoms with Gasteiger partial charge in [0.15, 0.2) is 0 Å². The molecule has 21 rings (SSSR count). The number of fused-ring (bicyclic) bond motifs is 6. The summed E-state index contributed by atoms with van der Waals surface area (Å²) in [7, 11) is 0. The summed E-state index contributed by atoms with van der Waals surface area (Å²) >= 11 is 0. The molecule has 386 valence electrons. The van der Waals surface area contributed by atoms with Crippen LogP contribution in [0.15, 0.2) is 270 Å². The van der Waals surface area contributed by atoms with Crippen molar-refractivity contribution in [1.82, 2.24) is 18.5 Å². The molecule has 6 aliphatic carbocycles. The van der Waals surface area contributed by atoms with E-state index in [9.17, 15) is 0 Å². The Labute approximate surface area is 478 Å². The summed E-state index contributed by atoms with van der Waals surface area (Å²) in [5.41, 5.74) is 28.1. The van der Waals surface area contributed by atoms with E-state index in [2.05, 4.69) is 279 Å². The molecule has 13 aromatic rings. The van der Waals surface area contributed by atoms with Gasteiger partial charge in [-0.2, -0.15) is 0 Å². The second-order valence-electron chi connectivity index (χ2n) is 23.1. The van der Waals surface area contributed by atoms with Gasteiger partial charge in [0.05, 0.1) is 34.3 Å². The predicted molar refractivity (Wildman–Crippen MR) is 332 cm³/mol. The maximum absolute atomic E-state index is 17.0. The molecular formula is C76H47BN4O2. The molecule has 0 fully saturated rings. The fourth-order valence-corrected chi connectivity index (χ4v) is 16.4. The second-order valence-corrected chi connectivity index (χ2v) is 23.1. The summed E-state index contributed by atoms with van der Waals surface area (Å²) in [6, 6.07) is 93.6. The Morgan fingerprint density at radius 1 is 0.277 bits per heavy atom. The Morgan fingerprint density at radius 2 is 0.542 bits per heavy atom. The van der Waals surface area contributed by atoms with E-state index in [1.807, 2.05) is 0 Å². The molecule has 0 radical (unpaired) electrons. The van der Waals surface area contributed by atoms with E-state index < -0.39 is 6.98 Å². The summed E-state index contributed by atoms with van der Waals surface area (Å²) in [6.45, 7) is -0.642. The van der Waals surface area contributed by atoms with Gasteiger partial charge in [-0.15, -0.1) is 0 Å². The minimum absolute atomic E-state index is 0.0233. The lowest BCUT2D eigenvalue weighted by Crippen LogP contribution is -2.44. The van der Waals surface area contributed by atoms with Crippen LogP contribution in [0.4, 0.5) is 0 Å². The van der Waals surface area contributed by atoms with Crippen molar-refractivity contribution in [2.45, 2.75) is 23.7 Å². The first-order valence-electron chi connectivity index (χ1n) is 28.9. The Morgan fingerprint density at radius 3 is 0.831 bits per heavy atom. The Kier molecular flexibility index (Phi) is 9.03. The number of hydrogen-bond acceptors (Lipinski definition) is 2. The predicted octanol–water partition coefficient (Wildman–Crippen LogP) is 15.0. The van der Waals surface area contributed by atoms with Crippen LogP contribution < -0.4 is 16.6 Å². The zero-order valence-electron chi connectivity index (χ0n) is 44.8. The van der Waals surface area contributed by atoms with Gasteiger partial charge in [0.25, 0.3) is 11.1 Å². The Hall–Kier alpha value is -10.5. The highest BCUT2D eigenvalue weighted by Gasteiger charge is 2.58. The molecule has 0 saturated carbocycles. The summed E-state index contributed by atoms with van der Waals surface area (Å²) < 4.78 is 8.96. The van der Waals surface area contributed by atoms with E-state index in [0.717, 1.165) is 106 Å². The summed E-state index contributed by atoms with van der Waals surface area (Å²) in [6.07, 6.45) is 0. The lowest BCUT2D eigenvalue weighted by Gasteiger charge is -2.41. The summed E-state index contributed by atoms with van der Waals surface area (Å²) in [5.74, 6) is -1.07. The van der Waals surface area contributed by atoms with Gasteiger partial charge < -0.3 is 0 Å². The van der Waals surface area contributed by atoms with E-state index in [1.54, 1.807) is 0 Å². The quantitative estimate of drug-likeness (QED) is 0.156. The summed E-state index contributed by atoms with van der Waals surface area (Å²) in [5, 5.41) is 0. The van der Waals surface area contributed by atoms with Crippen molar-refractivity contribution in [2.24, 2.45) is 0 Å². The van der Waals surface area contributed by atoms with Crippen molar-refractivity contribution in [2.75, 3.05) is 0 Å². The molecule has 0 amide bonds. The Balaban J connectivity index is 1.04. The van der Waals surface area contributed by atoms with Crippen molar-refractivity contribution in [1.29, 1.82) is 0 Å². The molecule has 0 atom stereocenters. The minimum Gasteiger partial charge on any atom is -0.294 e. The molecule has 0 saturated heterocycles. The van der Waals surface area contributed by atoms with Crippen LogP contribution in [0.3, 0.4) is 0 Å². The number of hydrogen-bond donors (Lipinski definition) is 0. The molecule has 6 nitrogen and oxygen atoms in total. The van der Waals surface area contributed by atoms with E-state index in [-0.39, 0.29) is 34.8 Å². The van der Waals surface area contributed by atoms with Crippen molar-refractivity contribution in [3.05, 3.63) is 349 Å². The van der Waals surface area contributed by atoms with E-state index in [4.69, 9.17) is 0 Å². The first-order valence-corrected chi connectivity index (χ1v) is 28.9. The molecule has 2 aliphatic heterocycles. The highest BCUT2D eigenvalue weighted by Crippen LogP contribution is 2.60. The lowest BCUT2D eigenvalue weighted by molar-refractivity contribution is 0.659. The minimum atomic E-state index is -0.642. The van der Waals surface area contributed by atoms with Gasteiger partial charge in [-0.05, 0) is 106 Å². The average Bonchev–Trinajstić information content (AvgIpc) is 1.55. The second kappa shape index (κ2) is 16.6. The van der Waals surface area contributed by atoms with E-state index >= 15 is 9.59 Å². The number of nitrogens with zero attached hydrogens (tertiary/aromatic N) is 4. The number of aromatic nitrogens is 4. The van der Waals surface area contributed by atoms with Crippen molar-refractivity contribution in [3.8, 4) is 78.1 Å². The molecule has 7 heteroatoms. The van der Waals surface area contributed by atoms with Crippen LogP contribution in [-0.4, -0.2) is 25.5 Å². The fraction of sp³-hybridized carbons (Fsp3) is 0.0526. The molecule has 2 aromatic heterocycles. The van der Waals surface area contributed by atoms with Crippen LogP contribution in [-0.2, 0) is 0 Å². The van der Waals surface area contributed by atoms with Crippen LogP contribution in [0.25, 0.3) is 78.1 Å². The average molecular weight is 1060 g/mol. The topological polar surface area (TPSA) is 53.9 Å². The third kappa shape index (κ3) is 5.73. The number of benzene rings is 11. The largest absolute Gasteiger partial charge is 0.456 e. The zero-order valence-corrected chi connectivity index (χ0v) is 44.8. The monoisotopic (exact) mass is 1060 g/mol. The van der Waals surface area contributed by atoms with E-state index in [0.29, 0.717) is 0 Å². The van der Waals surface area contributed by atoms with Gasteiger partial charge >= 0.3 is 6.98 Å². The Bertz CT molecular complexity index is 4580. The fourth-order valence-electron chi connectivity index (χ4n) is 16.4. The van der Waals surface area contributed by atoms with Crippen LogP contribution in [0.2, 0.25) is 0 Å². The van der Waals surface area contributed by atoms with Crippen molar-refractivity contribution >= 4 is 12.4 Å². The number of rotatable bonds is 6. The molecule has 0 unspecified atom stereocenters.